The van der Waals surface area contributed by atoms with Gasteiger partial charge in [0.15, 0.2) is 5.78 Å². The summed E-state index contributed by atoms with van der Waals surface area (Å²) in [4.78, 5) is 14.4. The van der Waals surface area contributed by atoms with E-state index in [1.807, 2.05) is 0 Å². The van der Waals surface area contributed by atoms with Crippen molar-refractivity contribution >= 4 is 11.5 Å². The lowest BCUT2D eigenvalue weighted by Gasteiger charge is -2.38. The van der Waals surface area contributed by atoms with Gasteiger partial charge in [-0.05, 0) is 24.0 Å². The van der Waals surface area contributed by atoms with E-state index in [2.05, 4.69) is 56.9 Å². The monoisotopic (exact) mass is 245 g/mol. The lowest BCUT2D eigenvalue weighted by atomic mass is 9.81. The van der Waals surface area contributed by atoms with E-state index in [0.29, 0.717) is 18.2 Å². The largest absolute Gasteiger partial charge is 0.364 e. The van der Waals surface area contributed by atoms with Gasteiger partial charge in [0.1, 0.15) is 0 Å². The number of nitrogens with zero attached hydrogens (tertiary/aromatic N) is 1. The van der Waals surface area contributed by atoms with Crippen LogP contribution in [0.25, 0.3) is 0 Å². The molecule has 2 heteroatoms. The standard InChI is InChI=1S/C16H23NO/c1-12(2)13-7-5-6-8-14(13)17-10-9-16(3,4)15(18)11-17/h5-8,12H,9-11H2,1-4H3. The first-order chi connectivity index (χ1) is 8.42. The molecule has 0 atom stereocenters. The maximum Gasteiger partial charge on any atom is 0.157 e. The highest BCUT2D eigenvalue weighted by molar-refractivity contribution is 5.89. The quantitative estimate of drug-likeness (QED) is 0.793. The fraction of sp³-hybridized carbons (Fsp3) is 0.562. The van der Waals surface area contributed by atoms with Gasteiger partial charge in [0, 0.05) is 17.6 Å². The molecule has 0 spiro atoms. The molecule has 1 heterocycles. The summed E-state index contributed by atoms with van der Waals surface area (Å²) in [5, 5.41) is 0. The molecular formula is C16H23NO. The van der Waals surface area contributed by atoms with Crippen LogP contribution in [0.1, 0.15) is 45.6 Å². The van der Waals surface area contributed by atoms with Gasteiger partial charge in [0.25, 0.3) is 0 Å². The average molecular weight is 245 g/mol. The van der Waals surface area contributed by atoms with Crippen LogP contribution in [0.2, 0.25) is 0 Å². The lowest BCUT2D eigenvalue weighted by molar-refractivity contribution is -0.127. The van der Waals surface area contributed by atoms with Gasteiger partial charge in [-0.15, -0.1) is 0 Å². The molecule has 1 saturated heterocycles. The van der Waals surface area contributed by atoms with Gasteiger partial charge in [-0.25, -0.2) is 0 Å². The number of carbonyl (C=O) groups excluding carboxylic acids is 1. The number of para-hydroxylation sites is 1. The van der Waals surface area contributed by atoms with Crippen molar-refractivity contribution in [2.75, 3.05) is 18.0 Å². The Morgan fingerprint density at radius 3 is 2.50 bits per heavy atom. The van der Waals surface area contributed by atoms with Crippen molar-refractivity contribution in [1.29, 1.82) is 0 Å². The van der Waals surface area contributed by atoms with Crippen LogP contribution in [0.5, 0.6) is 0 Å². The van der Waals surface area contributed by atoms with Gasteiger partial charge in [0.05, 0.1) is 6.54 Å². The minimum Gasteiger partial charge on any atom is -0.364 e. The Hall–Kier alpha value is -1.31. The number of hydrogen-bond donors (Lipinski definition) is 0. The molecule has 0 amide bonds. The van der Waals surface area contributed by atoms with E-state index in [4.69, 9.17) is 0 Å². The Morgan fingerprint density at radius 1 is 1.22 bits per heavy atom. The first kappa shape index (κ1) is 13.1. The van der Waals surface area contributed by atoms with Gasteiger partial charge in [-0.3, -0.25) is 4.79 Å². The third kappa shape index (κ3) is 2.43. The van der Waals surface area contributed by atoms with E-state index in [1.54, 1.807) is 0 Å². The Kier molecular flexibility index (Phi) is 3.47. The smallest absolute Gasteiger partial charge is 0.157 e. The van der Waals surface area contributed by atoms with E-state index < -0.39 is 0 Å². The Balaban J connectivity index is 2.26. The molecule has 0 aromatic heterocycles. The Morgan fingerprint density at radius 2 is 1.89 bits per heavy atom. The molecule has 1 aromatic carbocycles. The lowest BCUT2D eigenvalue weighted by Crippen LogP contribution is -2.45. The van der Waals surface area contributed by atoms with Crippen LogP contribution in [0.4, 0.5) is 5.69 Å². The summed E-state index contributed by atoms with van der Waals surface area (Å²) < 4.78 is 0. The van der Waals surface area contributed by atoms with Crippen molar-refractivity contribution in [2.45, 2.75) is 40.0 Å². The van der Waals surface area contributed by atoms with E-state index >= 15 is 0 Å². The molecule has 0 N–H and O–H groups in total. The minimum absolute atomic E-state index is 0.150. The second-order valence-electron chi connectivity index (χ2n) is 6.19. The fourth-order valence-corrected chi connectivity index (χ4v) is 2.49. The van der Waals surface area contributed by atoms with Gasteiger partial charge >= 0.3 is 0 Å². The molecule has 1 fully saturated rings. The molecule has 0 unspecified atom stereocenters. The summed E-state index contributed by atoms with van der Waals surface area (Å²) in [7, 11) is 0. The van der Waals surface area contributed by atoms with Crippen LogP contribution in [-0.2, 0) is 4.79 Å². The third-order valence-electron chi connectivity index (χ3n) is 4.00. The van der Waals surface area contributed by atoms with Crippen LogP contribution in [-0.4, -0.2) is 18.9 Å². The van der Waals surface area contributed by atoms with E-state index in [1.165, 1.54) is 11.3 Å². The first-order valence-corrected chi connectivity index (χ1v) is 6.79. The molecule has 2 nitrogen and oxygen atoms in total. The number of carbonyl (C=O) groups is 1. The maximum atomic E-state index is 12.1. The minimum atomic E-state index is -0.150. The number of anilines is 1. The van der Waals surface area contributed by atoms with Gasteiger partial charge in [0.2, 0.25) is 0 Å². The van der Waals surface area contributed by atoms with Crippen molar-refractivity contribution in [3.63, 3.8) is 0 Å². The van der Waals surface area contributed by atoms with Crippen molar-refractivity contribution in [1.82, 2.24) is 0 Å². The van der Waals surface area contributed by atoms with Gasteiger partial charge < -0.3 is 4.90 Å². The average Bonchev–Trinajstić information content (AvgIpc) is 2.33. The first-order valence-electron chi connectivity index (χ1n) is 6.79. The van der Waals surface area contributed by atoms with Crippen molar-refractivity contribution < 1.29 is 4.79 Å². The molecule has 2 rings (SSSR count). The Labute approximate surface area is 110 Å². The maximum absolute atomic E-state index is 12.1. The summed E-state index contributed by atoms with van der Waals surface area (Å²) in [5.74, 6) is 0.846. The van der Waals surface area contributed by atoms with Crippen LogP contribution in [0.15, 0.2) is 24.3 Å². The zero-order valence-corrected chi connectivity index (χ0v) is 11.9. The SMILES string of the molecule is CC(C)c1ccccc1N1CCC(C)(C)C(=O)C1. The number of rotatable bonds is 2. The summed E-state index contributed by atoms with van der Waals surface area (Å²) in [6.45, 7) is 10.0. The number of benzene rings is 1. The van der Waals surface area contributed by atoms with Crippen molar-refractivity contribution in [3.8, 4) is 0 Å². The van der Waals surface area contributed by atoms with Gasteiger partial charge in [-0.1, -0.05) is 45.9 Å². The van der Waals surface area contributed by atoms with E-state index in [-0.39, 0.29) is 5.41 Å². The zero-order chi connectivity index (χ0) is 13.3. The van der Waals surface area contributed by atoms with Crippen LogP contribution < -0.4 is 4.90 Å². The summed E-state index contributed by atoms with van der Waals surface area (Å²) >= 11 is 0. The van der Waals surface area contributed by atoms with Crippen molar-refractivity contribution in [3.05, 3.63) is 29.8 Å². The third-order valence-corrected chi connectivity index (χ3v) is 4.00. The molecule has 1 aliphatic heterocycles. The summed E-state index contributed by atoms with van der Waals surface area (Å²) in [6, 6.07) is 8.45. The van der Waals surface area contributed by atoms with E-state index in [0.717, 1.165) is 13.0 Å². The fourth-order valence-electron chi connectivity index (χ4n) is 2.49. The topological polar surface area (TPSA) is 20.3 Å². The second-order valence-corrected chi connectivity index (χ2v) is 6.19. The molecule has 0 radical (unpaired) electrons. The summed E-state index contributed by atoms with van der Waals surface area (Å²) in [6.07, 6.45) is 0.943. The predicted molar refractivity (Wildman–Crippen MR) is 76.1 cm³/mol. The summed E-state index contributed by atoms with van der Waals surface area (Å²) in [5.41, 5.74) is 2.42. The molecule has 1 aliphatic rings. The molecule has 0 bridgehead atoms. The zero-order valence-electron chi connectivity index (χ0n) is 11.9. The number of ketones is 1. The van der Waals surface area contributed by atoms with Crippen LogP contribution >= 0.6 is 0 Å². The highest BCUT2D eigenvalue weighted by Crippen LogP contribution is 2.33. The Bertz CT molecular complexity index is 448. The molecule has 18 heavy (non-hydrogen) atoms. The normalized spacial score (nSPS) is 19.4. The van der Waals surface area contributed by atoms with Gasteiger partial charge in [-0.2, -0.15) is 0 Å². The molecule has 98 valence electrons. The van der Waals surface area contributed by atoms with E-state index in [9.17, 15) is 4.79 Å². The second kappa shape index (κ2) is 4.75. The number of piperidine rings is 1. The highest BCUT2D eigenvalue weighted by atomic mass is 16.1. The molecular weight excluding hydrogens is 222 g/mol. The van der Waals surface area contributed by atoms with Crippen LogP contribution in [0, 0.1) is 5.41 Å². The molecule has 0 aliphatic carbocycles. The number of hydrogen-bond acceptors (Lipinski definition) is 2. The van der Waals surface area contributed by atoms with Crippen LogP contribution in [0.3, 0.4) is 0 Å². The molecule has 1 aromatic rings. The van der Waals surface area contributed by atoms with Crippen molar-refractivity contribution in [2.24, 2.45) is 5.41 Å². The number of Topliss-reactive ketones (excluding diaryl/α,β-unsaturated/α-hetero) is 1. The predicted octanol–water partition coefficient (Wildman–Crippen LogP) is 3.62. The molecule has 0 saturated carbocycles. The highest BCUT2D eigenvalue weighted by Gasteiger charge is 2.34.